The number of carbonyl (C=O) groups excluding carboxylic acids is 3. The Morgan fingerprint density at radius 2 is 2.09 bits per heavy atom. The molecule has 1 saturated heterocycles. The van der Waals surface area contributed by atoms with Crippen LogP contribution in [0.1, 0.15) is 27.4 Å². The van der Waals surface area contributed by atoms with E-state index in [4.69, 9.17) is 9.15 Å². The molecule has 1 fully saturated rings. The number of ether oxygens (including phenoxy) is 1. The van der Waals surface area contributed by atoms with Crippen LogP contribution in [-0.4, -0.2) is 60.3 Å². The number of hydrogen-bond donors (Lipinski definition) is 3. The molecule has 0 bridgehead atoms. The van der Waals surface area contributed by atoms with Gasteiger partial charge in [-0.05, 0) is 23.8 Å². The van der Waals surface area contributed by atoms with Crippen LogP contribution >= 0.6 is 0 Å². The second kappa shape index (κ2) is 7.30. The van der Waals surface area contributed by atoms with E-state index in [1.807, 2.05) is 6.07 Å². The summed E-state index contributed by atoms with van der Waals surface area (Å²) >= 11 is 0. The van der Waals surface area contributed by atoms with Gasteiger partial charge in [0.05, 0.1) is 20.2 Å². The van der Waals surface area contributed by atoms with E-state index < -0.39 is 17.5 Å². The van der Waals surface area contributed by atoms with E-state index in [2.05, 4.69) is 25.9 Å². The summed E-state index contributed by atoms with van der Waals surface area (Å²) in [5.41, 5.74) is 0.849. The standard InChI is InChI=1S/C23H20N6O5/c1-33-14-3-2-12-10-29(20(30)15(12)7-14)11-23(21(31)27-22(32)28-23)18-6-13-9-26-16(8-17(13)34-18)19-24-4-5-25-19/h2-3,6-9H,4-5,10-11H2,1H3,(H,24,25)(H2,27,28,31,32)/t23-/m0/s1. The average Bonchev–Trinajstić information content (AvgIpc) is 3.61. The Bertz CT molecular complexity index is 1410. The van der Waals surface area contributed by atoms with E-state index in [9.17, 15) is 14.4 Å². The number of urea groups is 1. The summed E-state index contributed by atoms with van der Waals surface area (Å²) in [6.45, 7) is 1.60. The van der Waals surface area contributed by atoms with Crippen LogP contribution in [0.2, 0.25) is 0 Å². The Kier molecular flexibility index (Phi) is 4.34. The minimum atomic E-state index is -1.58. The van der Waals surface area contributed by atoms with E-state index in [1.54, 1.807) is 30.5 Å². The van der Waals surface area contributed by atoms with Crippen molar-refractivity contribution in [3.63, 3.8) is 0 Å². The number of aliphatic imine (C=N–C) groups is 1. The average molecular weight is 460 g/mol. The number of carbonyl (C=O) groups is 3. The monoisotopic (exact) mass is 460 g/mol. The number of hydrogen-bond acceptors (Lipinski definition) is 8. The van der Waals surface area contributed by atoms with Crippen LogP contribution in [0.3, 0.4) is 0 Å². The summed E-state index contributed by atoms with van der Waals surface area (Å²) in [5.74, 6) is 0.614. The number of benzene rings is 1. The maximum atomic E-state index is 13.1. The normalized spacial score (nSPS) is 21.4. The van der Waals surface area contributed by atoms with Gasteiger partial charge in [-0.3, -0.25) is 24.9 Å². The van der Waals surface area contributed by atoms with Crippen molar-refractivity contribution in [1.82, 2.24) is 25.8 Å². The Morgan fingerprint density at radius 3 is 2.82 bits per heavy atom. The molecule has 172 valence electrons. The highest BCUT2D eigenvalue weighted by Crippen LogP contribution is 2.35. The zero-order chi connectivity index (χ0) is 23.4. The fourth-order valence-electron chi connectivity index (χ4n) is 4.58. The maximum absolute atomic E-state index is 13.1. The van der Waals surface area contributed by atoms with Crippen LogP contribution in [-0.2, 0) is 16.9 Å². The van der Waals surface area contributed by atoms with Gasteiger partial charge >= 0.3 is 6.03 Å². The van der Waals surface area contributed by atoms with Crippen molar-refractivity contribution in [2.24, 2.45) is 4.99 Å². The predicted octanol–water partition coefficient (Wildman–Crippen LogP) is 0.877. The first-order chi connectivity index (χ1) is 16.5. The number of fused-ring (bicyclic) bond motifs is 2. The van der Waals surface area contributed by atoms with Crippen LogP contribution in [0.4, 0.5) is 4.79 Å². The summed E-state index contributed by atoms with van der Waals surface area (Å²) in [6, 6.07) is 8.02. The van der Waals surface area contributed by atoms with Gasteiger partial charge in [-0.1, -0.05) is 6.07 Å². The number of rotatable bonds is 5. The number of nitrogens with one attached hydrogen (secondary N) is 3. The molecule has 1 aromatic carbocycles. The van der Waals surface area contributed by atoms with Crippen LogP contribution in [0.5, 0.6) is 5.75 Å². The number of nitrogens with zero attached hydrogens (tertiary/aromatic N) is 3. The fourth-order valence-corrected chi connectivity index (χ4v) is 4.58. The number of aromatic nitrogens is 1. The van der Waals surface area contributed by atoms with Gasteiger partial charge in [-0.2, -0.15) is 0 Å². The van der Waals surface area contributed by atoms with E-state index in [0.717, 1.165) is 12.1 Å². The molecule has 2 aromatic heterocycles. The lowest BCUT2D eigenvalue weighted by molar-refractivity contribution is -0.125. The molecule has 0 saturated carbocycles. The molecule has 3 aliphatic heterocycles. The lowest BCUT2D eigenvalue weighted by Gasteiger charge is -2.29. The topological polar surface area (TPSA) is 138 Å². The summed E-state index contributed by atoms with van der Waals surface area (Å²) in [6.07, 6.45) is 1.63. The highest BCUT2D eigenvalue weighted by atomic mass is 16.5. The number of imide groups is 1. The number of amidine groups is 1. The summed E-state index contributed by atoms with van der Waals surface area (Å²) in [5, 5.41) is 8.80. The molecule has 3 aromatic rings. The van der Waals surface area contributed by atoms with Gasteiger partial charge < -0.3 is 24.7 Å². The van der Waals surface area contributed by atoms with Gasteiger partial charge in [-0.15, -0.1) is 0 Å². The van der Waals surface area contributed by atoms with Crippen molar-refractivity contribution in [3.05, 3.63) is 59.1 Å². The molecule has 5 heterocycles. The first kappa shape index (κ1) is 20.2. The minimum absolute atomic E-state index is 0.102. The third-order valence-electron chi connectivity index (χ3n) is 6.30. The van der Waals surface area contributed by atoms with Crippen LogP contribution in [0.15, 0.2) is 45.9 Å². The van der Waals surface area contributed by atoms with Crippen LogP contribution in [0.25, 0.3) is 11.0 Å². The third kappa shape index (κ3) is 3.00. The van der Waals surface area contributed by atoms with Gasteiger partial charge in [0.1, 0.15) is 28.6 Å². The van der Waals surface area contributed by atoms with Crippen LogP contribution in [0, 0.1) is 0 Å². The lowest BCUT2D eigenvalue weighted by Crippen LogP contribution is -2.52. The molecule has 0 spiro atoms. The molecular formula is C23H20N6O5. The quantitative estimate of drug-likeness (QED) is 0.481. The number of furan rings is 1. The second-order valence-corrected chi connectivity index (χ2v) is 8.37. The molecular weight excluding hydrogens is 440 g/mol. The highest BCUT2D eigenvalue weighted by molar-refractivity contribution is 6.08. The zero-order valence-corrected chi connectivity index (χ0v) is 18.2. The Hall–Kier alpha value is -4.41. The van der Waals surface area contributed by atoms with Gasteiger partial charge in [0, 0.05) is 36.3 Å². The van der Waals surface area contributed by atoms with Gasteiger partial charge in [0.15, 0.2) is 5.54 Å². The molecule has 34 heavy (non-hydrogen) atoms. The van der Waals surface area contributed by atoms with E-state index in [-0.39, 0.29) is 18.2 Å². The number of methoxy groups -OCH3 is 1. The van der Waals surface area contributed by atoms with E-state index in [0.29, 0.717) is 46.9 Å². The maximum Gasteiger partial charge on any atom is 0.322 e. The molecule has 0 aliphatic carbocycles. The van der Waals surface area contributed by atoms with Crippen molar-refractivity contribution in [2.75, 3.05) is 26.7 Å². The van der Waals surface area contributed by atoms with Crippen molar-refractivity contribution in [3.8, 4) is 5.75 Å². The van der Waals surface area contributed by atoms with Crippen molar-refractivity contribution in [1.29, 1.82) is 0 Å². The first-order valence-corrected chi connectivity index (χ1v) is 10.8. The molecule has 0 radical (unpaired) electrons. The molecule has 3 N–H and O–H groups in total. The summed E-state index contributed by atoms with van der Waals surface area (Å²) in [7, 11) is 1.53. The SMILES string of the molecule is COc1ccc2c(c1)C(=O)N(C[C@@]1(c3cc4cnc(C5=NCCN5)cc4o3)NC(=O)NC1=O)C2. The Balaban J connectivity index is 1.38. The van der Waals surface area contributed by atoms with Gasteiger partial charge in [-0.25, -0.2) is 4.79 Å². The van der Waals surface area contributed by atoms with Crippen molar-refractivity contribution in [2.45, 2.75) is 12.1 Å². The first-order valence-electron chi connectivity index (χ1n) is 10.8. The lowest BCUT2D eigenvalue weighted by atomic mass is 9.95. The summed E-state index contributed by atoms with van der Waals surface area (Å²) in [4.78, 5) is 48.7. The molecule has 1 atom stereocenters. The molecule has 0 unspecified atom stereocenters. The molecule has 4 amide bonds. The molecule has 11 nitrogen and oxygen atoms in total. The summed E-state index contributed by atoms with van der Waals surface area (Å²) < 4.78 is 11.3. The van der Waals surface area contributed by atoms with Crippen LogP contribution < -0.4 is 20.7 Å². The van der Waals surface area contributed by atoms with E-state index in [1.165, 1.54) is 12.0 Å². The molecule has 6 rings (SSSR count). The smallest absolute Gasteiger partial charge is 0.322 e. The highest BCUT2D eigenvalue weighted by Gasteiger charge is 2.53. The van der Waals surface area contributed by atoms with E-state index >= 15 is 0 Å². The Morgan fingerprint density at radius 1 is 1.21 bits per heavy atom. The number of amides is 4. The minimum Gasteiger partial charge on any atom is -0.497 e. The van der Waals surface area contributed by atoms with Crippen molar-refractivity contribution < 1.29 is 23.5 Å². The molecule has 11 heteroatoms. The predicted molar refractivity (Wildman–Crippen MR) is 120 cm³/mol. The molecule has 3 aliphatic rings. The Labute approximate surface area is 193 Å². The van der Waals surface area contributed by atoms with Gasteiger partial charge in [0.25, 0.3) is 11.8 Å². The largest absolute Gasteiger partial charge is 0.497 e. The fraction of sp³-hybridized carbons (Fsp3) is 0.261. The van der Waals surface area contributed by atoms with Gasteiger partial charge in [0.2, 0.25) is 0 Å². The van der Waals surface area contributed by atoms with Crippen molar-refractivity contribution >= 4 is 34.7 Å². The zero-order valence-electron chi connectivity index (χ0n) is 18.2. The number of pyridine rings is 1. The second-order valence-electron chi connectivity index (χ2n) is 8.37. The third-order valence-corrected chi connectivity index (χ3v) is 6.30.